The molecule has 2 aliphatic rings. The zero-order valence-corrected chi connectivity index (χ0v) is 12.7. The molecule has 4 heteroatoms. The molecule has 0 aromatic rings. The molecule has 0 aromatic heterocycles. The maximum atomic E-state index is 12.2. The Kier molecular flexibility index (Phi) is 5.22. The van der Waals surface area contributed by atoms with Crippen LogP contribution in [0.15, 0.2) is 0 Å². The Bertz CT molecular complexity index is 302. The lowest BCUT2D eigenvalue weighted by Gasteiger charge is -2.36. The molecule has 1 heterocycles. The Morgan fingerprint density at radius 2 is 2.05 bits per heavy atom. The van der Waals surface area contributed by atoms with Crippen molar-refractivity contribution in [3.8, 4) is 0 Å². The zero-order valence-electron chi connectivity index (χ0n) is 12.7. The highest BCUT2D eigenvalue weighted by Gasteiger charge is 2.31. The van der Waals surface area contributed by atoms with Gasteiger partial charge in [0.1, 0.15) is 0 Å². The summed E-state index contributed by atoms with van der Waals surface area (Å²) in [5.41, 5.74) is 0. The van der Waals surface area contributed by atoms with E-state index in [0.717, 1.165) is 13.1 Å². The van der Waals surface area contributed by atoms with Crippen molar-refractivity contribution in [3.05, 3.63) is 0 Å². The number of likely N-dealkylation sites (N-methyl/N-ethyl adjacent to an activating group) is 1. The highest BCUT2D eigenvalue weighted by Crippen LogP contribution is 2.26. The summed E-state index contributed by atoms with van der Waals surface area (Å²) in [6.45, 7) is 7.06. The van der Waals surface area contributed by atoms with Crippen LogP contribution in [0.4, 0.5) is 0 Å². The molecule has 1 saturated heterocycles. The van der Waals surface area contributed by atoms with Gasteiger partial charge in [0.2, 0.25) is 5.91 Å². The standard InChI is InChI=1S/C15H29N3O/c1-12(2)16-10-14-6-4-5-9-18(14)11-15(19)17(3)13-7-8-13/h12-14,16H,4-11H2,1-3H3. The molecule has 0 aromatic carbocycles. The summed E-state index contributed by atoms with van der Waals surface area (Å²) in [5, 5.41) is 3.52. The second-order valence-electron chi connectivity index (χ2n) is 6.42. The quantitative estimate of drug-likeness (QED) is 0.791. The Balaban J connectivity index is 1.82. The second kappa shape index (κ2) is 6.71. The third-order valence-corrected chi connectivity index (χ3v) is 4.34. The molecule has 1 amide bonds. The van der Waals surface area contributed by atoms with Crippen LogP contribution in [0.25, 0.3) is 0 Å². The van der Waals surface area contributed by atoms with E-state index in [-0.39, 0.29) is 0 Å². The Labute approximate surface area is 117 Å². The molecule has 4 nitrogen and oxygen atoms in total. The van der Waals surface area contributed by atoms with Crippen molar-refractivity contribution in [2.45, 2.75) is 64.1 Å². The highest BCUT2D eigenvalue weighted by molar-refractivity contribution is 5.78. The summed E-state index contributed by atoms with van der Waals surface area (Å²) in [5.74, 6) is 0.305. The van der Waals surface area contributed by atoms with Crippen LogP contribution in [0.3, 0.4) is 0 Å². The van der Waals surface area contributed by atoms with Gasteiger partial charge in [-0.05, 0) is 32.2 Å². The summed E-state index contributed by atoms with van der Waals surface area (Å²) in [6.07, 6.45) is 6.15. The van der Waals surface area contributed by atoms with Gasteiger partial charge in [0.05, 0.1) is 6.54 Å². The van der Waals surface area contributed by atoms with Crippen molar-refractivity contribution in [2.75, 3.05) is 26.7 Å². The number of piperidine rings is 1. The summed E-state index contributed by atoms with van der Waals surface area (Å²) in [6, 6.07) is 1.59. The number of likely N-dealkylation sites (tertiary alicyclic amines) is 1. The Morgan fingerprint density at radius 1 is 1.32 bits per heavy atom. The molecule has 0 spiro atoms. The molecule has 1 aliphatic heterocycles. The highest BCUT2D eigenvalue weighted by atomic mass is 16.2. The fourth-order valence-corrected chi connectivity index (χ4v) is 2.82. The number of rotatable bonds is 6. The Morgan fingerprint density at radius 3 is 2.68 bits per heavy atom. The number of carbonyl (C=O) groups is 1. The molecular formula is C15H29N3O. The van der Waals surface area contributed by atoms with E-state index in [9.17, 15) is 4.79 Å². The van der Waals surface area contributed by atoms with E-state index < -0.39 is 0 Å². The summed E-state index contributed by atoms with van der Waals surface area (Å²) in [7, 11) is 1.96. The fraction of sp³-hybridized carbons (Fsp3) is 0.933. The molecule has 2 fully saturated rings. The van der Waals surface area contributed by atoms with Crippen LogP contribution in [0.1, 0.15) is 46.0 Å². The smallest absolute Gasteiger partial charge is 0.236 e. The first-order valence-corrected chi connectivity index (χ1v) is 7.81. The average Bonchev–Trinajstić information content (AvgIpc) is 3.21. The van der Waals surface area contributed by atoms with Crippen molar-refractivity contribution < 1.29 is 4.79 Å². The van der Waals surface area contributed by atoms with Crippen molar-refractivity contribution in [2.24, 2.45) is 0 Å². The molecule has 1 atom stereocenters. The summed E-state index contributed by atoms with van der Waals surface area (Å²) < 4.78 is 0. The van der Waals surface area contributed by atoms with E-state index in [4.69, 9.17) is 0 Å². The first-order chi connectivity index (χ1) is 9.08. The molecule has 1 N–H and O–H groups in total. The predicted octanol–water partition coefficient (Wildman–Crippen LogP) is 1.46. The molecule has 1 unspecified atom stereocenters. The van der Waals surface area contributed by atoms with Gasteiger partial charge in [-0.25, -0.2) is 0 Å². The largest absolute Gasteiger partial charge is 0.342 e. The van der Waals surface area contributed by atoms with Crippen molar-refractivity contribution in [1.82, 2.24) is 15.1 Å². The number of nitrogens with one attached hydrogen (secondary N) is 1. The van der Waals surface area contributed by atoms with Gasteiger partial charge in [-0.2, -0.15) is 0 Å². The lowest BCUT2D eigenvalue weighted by Crippen LogP contribution is -2.50. The number of amides is 1. The average molecular weight is 267 g/mol. The number of nitrogens with zero attached hydrogens (tertiary/aromatic N) is 2. The Hall–Kier alpha value is -0.610. The number of carbonyl (C=O) groups excluding carboxylic acids is 1. The summed E-state index contributed by atoms with van der Waals surface area (Å²) >= 11 is 0. The third kappa shape index (κ3) is 4.46. The van der Waals surface area contributed by atoms with Crippen LogP contribution in [-0.4, -0.2) is 60.5 Å². The molecule has 0 radical (unpaired) electrons. The van der Waals surface area contributed by atoms with E-state index in [0.29, 0.717) is 30.6 Å². The SMILES string of the molecule is CC(C)NCC1CCCCN1CC(=O)N(C)C1CC1. The summed E-state index contributed by atoms with van der Waals surface area (Å²) in [4.78, 5) is 16.6. The van der Waals surface area contributed by atoms with Gasteiger partial charge in [0, 0.05) is 31.7 Å². The minimum atomic E-state index is 0.305. The monoisotopic (exact) mass is 267 g/mol. The van der Waals surface area contributed by atoms with Gasteiger partial charge in [0.15, 0.2) is 0 Å². The van der Waals surface area contributed by atoms with Crippen LogP contribution in [0.2, 0.25) is 0 Å². The van der Waals surface area contributed by atoms with Crippen molar-refractivity contribution in [1.29, 1.82) is 0 Å². The van der Waals surface area contributed by atoms with Crippen LogP contribution in [-0.2, 0) is 4.79 Å². The third-order valence-electron chi connectivity index (χ3n) is 4.34. The van der Waals surface area contributed by atoms with Gasteiger partial charge in [-0.15, -0.1) is 0 Å². The van der Waals surface area contributed by atoms with E-state index in [1.165, 1.54) is 32.1 Å². The van der Waals surface area contributed by atoms with Crippen molar-refractivity contribution in [3.63, 3.8) is 0 Å². The molecular weight excluding hydrogens is 238 g/mol. The molecule has 19 heavy (non-hydrogen) atoms. The maximum Gasteiger partial charge on any atom is 0.236 e. The molecule has 0 bridgehead atoms. The minimum Gasteiger partial charge on any atom is -0.342 e. The molecule has 1 saturated carbocycles. The zero-order chi connectivity index (χ0) is 13.8. The van der Waals surface area contributed by atoms with Crippen molar-refractivity contribution >= 4 is 5.91 Å². The van der Waals surface area contributed by atoms with Gasteiger partial charge in [-0.3, -0.25) is 9.69 Å². The maximum absolute atomic E-state index is 12.2. The second-order valence-corrected chi connectivity index (χ2v) is 6.42. The van der Waals surface area contributed by atoms with Gasteiger partial charge in [0.25, 0.3) is 0 Å². The van der Waals surface area contributed by atoms with Gasteiger partial charge >= 0.3 is 0 Å². The van der Waals surface area contributed by atoms with Crippen LogP contribution >= 0.6 is 0 Å². The first kappa shape index (κ1) is 14.8. The van der Waals surface area contributed by atoms with E-state index in [1.807, 2.05) is 11.9 Å². The molecule has 110 valence electrons. The van der Waals surface area contributed by atoms with Gasteiger partial charge in [-0.1, -0.05) is 20.3 Å². The molecule has 1 aliphatic carbocycles. The molecule has 2 rings (SSSR count). The van der Waals surface area contributed by atoms with Crippen LogP contribution < -0.4 is 5.32 Å². The van der Waals surface area contributed by atoms with Crippen LogP contribution in [0.5, 0.6) is 0 Å². The normalized spacial score (nSPS) is 24.7. The topological polar surface area (TPSA) is 35.6 Å². The predicted molar refractivity (Wildman–Crippen MR) is 78.1 cm³/mol. The fourth-order valence-electron chi connectivity index (χ4n) is 2.82. The number of hydrogen-bond donors (Lipinski definition) is 1. The van der Waals surface area contributed by atoms with Crippen LogP contribution in [0, 0.1) is 0 Å². The van der Waals surface area contributed by atoms with E-state index in [1.54, 1.807) is 0 Å². The van der Waals surface area contributed by atoms with Gasteiger partial charge < -0.3 is 10.2 Å². The lowest BCUT2D eigenvalue weighted by atomic mass is 10.0. The first-order valence-electron chi connectivity index (χ1n) is 7.81. The lowest BCUT2D eigenvalue weighted by molar-refractivity contribution is -0.132. The number of hydrogen-bond acceptors (Lipinski definition) is 3. The van der Waals surface area contributed by atoms with E-state index in [2.05, 4.69) is 24.1 Å². The minimum absolute atomic E-state index is 0.305. The van der Waals surface area contributed by atoms with E-state index >= 15 is 0 Å².